The van der Waals surface area contributed by atoms with Crippen molar-refractivity contribution >= 4 is 28.2 Å². The molecule has 2 amide bonds. The van der Waals surface area contributed by atoms with E-state index in [1.807, 2.05) is 48.7 Å². The van der Waals surface area contributed by atoms with E-state index in [4.69, 9.17) is 0 Å². The molecule has 3 aromatic rings. The largest absolute Gasteiger partial charge is 0.325 e. The molecule has 0 fully saturated rings. The van der Waals surface area contributed by atoms with Crippen molar-refractivity contribution < 1.29 is 4.79 Å². The van der Waals surface area contributed by atoms with Gasteiger partial charge in [-0.3, -0.25) is 10.3 Å². The zero-order valence-electron chi connectivity index (χ0n) is 11.9. The normalized spacial score (nSPS) is 10.2. The zero-order chi connectivity index (χ0) is 15.4. The monoisotopic (exact) mass is 310 g/mol. The highest BCUT2D eigenvalue weighted by Gasteiger charge is 2.08. The number of hydrogen-bond acceptors (Lipinski definition) is 4. The fourth-order valence-electron chi connectivity index (χ4n) is 1.96. The number of pyridine rings is 1. The van der Waals surface area contributed by atoms with Gasteiger partial charge in [-0.25, -0.2) is 9.78 Å². The molecular weight excluding hydrogens is 296 g/mol. The summed E-state index contributed by atoms with van der Waals surface area (Å²) in [5.74, 6) is 0. The molecular formula is C16H14N4OS. The van der Waals surface area contributed by atoms with Gasteiger partial charge in [0.25, 0.3) is 0 Å². The van der Waals surface area contributed by atoms with Gasteiger partial charge in [0.05, 0.1) is 5.69 Å². The van der Waals surface area contributed by atoms with Gasteiger partial charge < -0.3 is 5.32 Å². The van der Waals surface area contributed by atoms with Crippen LogP contribution in [0.4, 0.5) is 15.6 Å². The Balaban J connectivity index is 1.66. The van der Waals surface area contributed by atoms with Gasteiger partial charge in [0, 0.05) is 29.0 Å². The van der Waals surface area contributed by atoms with E-state index in [1.165, 1.54) is 11.3 Å². The van der Waals surface area contributed by atoms with Crippen LogP contribution < -0.4 is 10.6 Å². The molecule has 0 spiro atoms. The third kappa shape index (κ3) is 3.48. The highest BCUT2D eigenvalue weighted by molar-refractivity contribution is 7.14. The molecule has 6 heteroatoms. The van der Waals surface area contributed by atoms with E-state index in [9.17, 15) is 4.79 Å². The SMILES string of the molecule is Cc1cccc(NC(=O)Nc2nc(-c3cccnc3)cs2)c1. The van der Waals surface area contributed by atoms with Crippen LogP contribution in [-0.4, -0.2) is 16.0 Å². The molecule has 0 unspecified atom stereocenters. The molecule has 1 aromatic carbocycles. The molecule has 0 bridgehead atoms. The number of carbonyl (C=O) groups excluding carboxylic acids is 1. The van der Waals surface area contributed by atoms with Crippen molar-refractivity contribution in [3.05, 3.63) is 59.7 Å². The lowest BCUT2D eigenvalue weighted by Crippen LogP contribution is -2.19. The second kappa shape index (κ2) is 6.36. The summed E-state index contributed by atoms with van der Waals surface area (Å²) in [5, 5.41) is 7.96. The average molecular weight is 310 g/mol. The highest BCUT2D eigenvalue weighted by atomic mass is 32.1. The van der Waals surface area contributed by atoms with Crippen molar-refractivity contribution in [3.63, 3.8) is 0 Å². The Morgan fingerprint density at radius 3 is 2.86 bits per heavy atom. The number of aromatic nitrogens is 2. The Kier molecular flexibility index (Phi) is 4.11. The van der Waals surface area contributed by atoms with Crippen molar-refractivity contribution in [2.45, 2.75) is 6.92 Å². The van der Waals surface area contributed by atoms with Crippen LogP contribution in [0.2, 0.25) is 0 Å². The van der Waals surface area contributed by atoms with Crippen LogP contribution in [0.5, 0.6) is 0 Å². The minimum Gasteiger partial charge on any atom is -0.308 e. The number of aryl methyl sites for hydroxylation is 1. The second-order valence-corrected chi connectivity index (χ2v) is 5.59. The lowest BCUT2D eigenvalue weighted by molar-refractivity contribution is 0.262. The van der Waals surface area contributed by atoms with Crippen LogP contribution in [0.1, 0.15) is 5.56 Å². The van der Waals surface area contributed by atoms with Crippen LogP contribution >= 0.6 is 11.3 Å². The summed E-state index contributed by atoms with van der Waals surface area (Å²) in [6.07, 6.45) is 3.45. The van der Waals surface area contributed by atoms with Gasteiger partial charge in [-0.1, -0.05) is 12.1 Å². The maximum atomic E-state index is 12.0. The van der Waals surface area contributed by atoms with E-state index >= 15 is 0 Å². The summed E-state index contributed by atoms with van der Waals surface area (Å²) in [7, 11) is 0. The average Bonchev–Trinajstić information content (AvgIpc) is 2.96. The third-order valence-electron chi connectivity index (χ3n) is 2.96. The summed E-state index contributed by atoms with van der Waals surface area (Å²) >= 11 is 1.38. The third-order valence-corrected chi connectivity index (χ3v) is 3.72. The van der Waals surface area contributed by atoms with E-state index in [0.717, 1.165) is 22.5 Å². The molecule has 0 aliphatic rings. The van der Waals surface area contributed by atoms with Crippen LogP contribution in [0.25, 0.3) is 11.3 Å². The summed E-state index contributed by atoms with van der Waals surface area (Å²) in [6.45, 7) is 1.98. The first-order chi connectivity index (χ1) is 10.7. The van der Waals surface area contributed by atoms with E-state index in [-0.39, 0.29) is 6.03 Å². The van der Waals surface area contributed by atoms with Crippen LogP contribution in [0, 0.1) is 6.92 Å². The standard InChI is InChI=1S/C16H14N4OS/c1-11-4-2-6-13(8-11)18-15(21)20-16-19-14(10-22-16)12-5-3-7-17-9-12/h2-10H,1H3,(H2,18,19,20,21). The van der Waals surface area contributed by atoms with Gasteiger partial charge in [-0.2, -0.15) is 0 Å². The molecule has 0 radical (unpaired) electrons. The van der Waals surface area contributed by atoms with Gasteiger partial charge in [0.1, 0.15) is 0 Å². The number of benzene rings is 1. The Morgan fingerprint density at radius 2 is 2.09 bits per heavy atom. The lowest BCUT2D eigenvalue weighted by Gasteiger charge is -2.05. The predicted molar refractivity (Wildman–Crippen MR) is 89.2 cm³/mol. The van der Waals surface area contributed by atoms with Gasteiger partial charge >= 0.3 is 6.03 Å². The van der Waals surface area contributed by atoms with Crippen molar-refractivity contribution in [3.8, 4) is 11.3 Å². The summed E-state index contributed by atoms with van der Waals surface area (Å²) in [6, 6.07) is 11.1. The number of carbonyl (C=O) groups is 1. The smallest absolute Gasteiger partial charge is 0.308 e. The number of hydrogen-bond donors (Lipinski definition) is 2. The Hall–Kier alpha value is -2.73. The summed E-state index contributed by atoms with van der Waals surface area (Å²) in [4.78, 5) is 20.4. The summed E-state index contributed by atoms with van der Waals surface area (Å²) in [5.41, 5.74) is 3.56. The molecule has 0 aliphatic carbocycles. The van der Waals surface area contributed by atoms with Crippen molar-refractivity contribution in [2.75, 3.05) is 10.6 Å². The number of amides is 2. The molecule has 2 aromatic heterocycles. The van der Waals surface area contributed by atoms with Gasteiger partial charge in [0.15, 0.2) is 5.13 Å². The van der Waals surface area contributed by atoms with Crippen LogP contribution in [0.3, 0.4) is 0 Å². The van der Waals surface area contributed by atoms with Crippen molar-refractivity contribution in [1.82, 2.24) is 9.97 Å². The zero-order valence-corrected chi connectivity index (χ0v) is 12.7. The predicted octanol–water partition coefficient (Wildman–Crippen LogP) is 4.16. The van der Waals surface area contributed by atoms with Crippen LogP contribution in [-0.2, 0) is 0 Å². The number of nitrogens with one attached hydrogen (secondary N) is 2. The first kappa shape index (κ1) is 14.2. The summed E-state index contributed by atoms with van der Waals surface area (Å²) < 4.78 is 0. The topological polar surface area (TPSA) is 66.9 Å². The van der Waals surface area contributed by atoms with Crippen molar-refractivity contribution in [1.29, 1.82) is 0 Å². The Morgan fingerprint density at radius 1 is 1.18 bits per heavy atom. The first-order valence-electron chi connectivity index (χ1n) is 6.71. The number of nitrogens with zero attached hydrogens (tertiary/aromatic N) is 2. The number of urea groups is 1. The van der Waals surface area contributed by atoms with Gasteiger partial charge in [-0.05, 0) is 36.8 Å². The molecule has 0 atom stereocenters. The number of thiazole rings is 1. The maximum Gasteiger partial charge on any atom is 0.325 e. The molecule has 0 saturated carbocycles. The second-order valence-electron chi connectivity index (χ2n) is 4.73. The van der Waals surface area contributed by atoms with Crippen molar-refractivity contribution in [2.24, 2.45) is 0 Å². The number of anilines is 2. The fourth-order valence-corrected chi connectivity index (χ4v) is 2.68. The van der Waals surface area contributed by atoms with E-state index in [1.54, 1.807) is 12.4 Å². The molecule has 2 N–H and O–H groups in total. The van der Waals surface area contributed by atoms with Crippen LogP contribution in [0.15, 0.2) is 54.2 Å². The Bertz CT molecular complexity index is 786. The van der Waals surface area contributed by atoms with Gasteiger partial charge in [-0.15, -0.1) is 11.3 Å². The molecule has 0 saturated heterocycles. The molecule has 2 heterocycles. The highest BCUT2D eigenvalue weighted by Crippen LogP contribution is 2.24. The first-order valence-corrected chi connectivity index (χ1v) is 7.59. The molecule has 0 aliphatic heterocycles. The molecule has 5 nitrogen and oxygen atoms in total. The quantitative estimate of drug-likeness (QED) is 0.763. The van der Waals surface area contributed by atoms with E-state index in [0.29, 0.717) is 5.13 Å². The lowest BCUT2D eigenvalue weighted by atomic mass is 10.2. The molecule has 3 rings (SSSR count). The number of rotatable bonds is 3. The van der Waals surface area contributed by atoms with E-state index < -0.39 is 0 Å². The Labute approximate surface area is 132 Å². The molecule has 110 valence electrons. The maximum absolute atomic E-state index is 12.0. The molecule has 22 heavy (non-hydrogen) atoms. The minimum absolute atomic E-state index is 0.308. The van der Waals surface area contributed by atoms with E-state index in [2.05, 4.69) is 20.6 Å². The minimum atomic E-state index is -0.308. The van der Waals surface area contributed by atoms with Gasteiger partial charge in [0.2, 0.25) is 0 Å². The fraction of sp³-hybridized carbons (Fsp3) is 0.0625.